The number of nitrogens with zero attached hydrogens (tertiary/aromatic N) is 3. The maximum atomic E-state index is 13.4. The van der Waals surface area contributed by atoms with Gasteiger partial charge in [-0.1, -0.05) is 31.2 Å². The Kier molecular flexibility index (Phi) is 8.47. The van der Waals surface area contributed by atoms with Gasteiger partial charge in [-0.25, -0.2) is 4.21 Å². The predicted octanol–water partition coefficient (Wildman–Crippen LogP) is 5.68. The standard InChI is InChI=1S/C27H27F3N4O3S/c1-5-38(37,33-16-31)22-11-9-19(10-12-22)14-32-26(36)23-15-34(17(2)3)18(4)24(25(23)35)20-7-6-8-21(13-20)27(28,29)30/h6-13,15,17H,5,14H2,1-4H3,(H,32,36). The number of hydrogen-bond donors (Lipinski definition) is 1. The minimum absolute atomic E-state index is 0.0253. The van der Waals surface area contributed by atoms with Gasteiger partial charge in [-0.3, -0.25) is 9.59 Å². The molecule has 1 atom stereocenters. The van der Waals surface area contributed by atoms with Gasteiger partial charge in [-0.2, -0.15) is 18.4 Å². The van der Waals surface area contributed by atoms with E-state index < -0.39 is 32.8 Å². The van der Waals surface area contributed by atoms with E-state index in [9.17, 15) is 27.0 Å². The Hall–Kier alpha value is -3.91. The second-order valence-corrected chi connectivity index (χ2v) is 11.4. The minimum atomic E-state index is -4.58. The van der Waals surface area contributed by atoms with Crippen molar-refractivity contribution < 1.29 is 22.2 Å². The molecule has 3 rings (SSSR count). The molecule has 1 N–H and O–H groups in total. The van der Waals surface area contributed by atoms with E-state index >= 15 is 0 Å². The van der Waals surface area contributed by atoms with Crippen LogP contribution in [-0.4, -0.2) is 20.4 Å². The van der Waals surface area contributed by atoms with Crippen LogP contribution in [0.3, 0.4) is 0 Å². The molecular weight excluding hydrogens is 517 g/mol. The summed E-state index contributed by atoms with van der Waals surface area (Å²) in [6.45, 7) is 7.01. The summed E-state index contributed by atoms with van der Waals surface area (Å²) in [4.78, 5) is 26.9. The number of nitriles is 1. The van der Waals surface area contributed by atoms with Crippen molar-refractivity contribution in [1.82, 2.24) is 9.88 Å². The van der Waals surface area contributed by atoms with Gasteiger partial charge in [0.15, 0.2) is 0 Å². The first-order valence-corrected chi connectivity index (χ1v) is 13.4. The van der Waals surface area contributed by atoms with E-state index in [0.717, 1.165) is 12.1 Å². The van der Waals surface area contributed by atoms with Crippen LogP contribution < -0.4 is 10.7 Å². The molecule has 7 nitrogen and oxygen atoms in total. The Morgan fingerprint density at radius 3 is 2.39 bits per heavy atom. The van der Waals surface area contributed by atoms with Crippen LogP contribution in [0.4, 0.5) is 13.2 Å². The number of benzene rings is 2. The fraction of sp³-hybridized carbons (Fsp3) is 0.296. The van der Waals surface area contributed by atoms with Crippen molar-refractivity contribution in [1.29, 1.82) is 5.26 Å². The lowest BCUT2D eigenvalue weighted by molar-refractivity contribution is -0.137. The number of rotatable bonds is 7. The van der Waals surface area contributed by atoms with Crippen LogP contribution in [-0.2, 0) is 22.5 Å². The summed E-state index contributed by atoms with van der Waals surface area (Å²) >= 11 is 0. The molecule has 0 spiro atoms. The van der Waals surface area contributed by atoms with Gasteiger partial charge in [0, 0.05) is 40.7 Å². The molecule has 1 unspecified atom stereocenters. The zero-order valence-electron chi connectivity index (χ0n) is 21.3. The van der Waals surface area contributed by atoms with Gasteiger partial charge in [0.2, 0.25) is 11.6 Å². The highest BCUT2D eigenvalue weighted by Gasteiger charge is 2.31. The van der Waals surface area contributed by atoms with E-state index in [1.54, 1.807) is 48.9 Å². The zero-order valence-corrected chi connectivity index (χ0v) is 22.1. The van der Waals surface area contributed by atoms with Crippen LogP contribution in [0.2, 0.25) is 0 Å². The first-order valence-electron chi connectivity index (χ1n) is 11.8. The van der Waals surface area contributed by atoms with Gasteiger partial charge < -0.3 is 9.88 Å². The third-order valence-electron chi connectivity index (χ3n) is 6.09. The number of amides is 1. The quantitative estimate of drug-likeness (QED) is 0.386. The molecule has 38 heavy (non-hydrogen) atoms. The highest BCUT2D eigenvalue weighted by Crippen LogP contribution is 2.32. The molecule has 0 aliphatic rings. The van der Waals surface area contributed by atoms with Crippen molar-refractivity contribution >= 4 is 15.6 Å². The monoisotopic (exact) mass is 544 g/mol. The Balaban J connectivity index is 1.97. The van der Waals surface area contributed by atoms with Crippen LogP contribution in [0.25, 0.3) is 11.1 Å². The number of nitrogens with one attached hydrogen (secondary N) is 1. The second kappa shape index (κ2) is 11.2. The molecule has 0 saturated heterocycles. The first-order chi connectivity index (χ1) is 17.8. The number of aromatic nitrogens is 1. The topological polar surface area (TPSA) is 104 Å². The fourth-order valence-electron chi connectivity index (χ4n) is 4.06. The fourth-order valence-corrected chi connectivity index (χ4v) is 5.32. The van der Waals surface area contributed by atoms with E-state index in [4.69, 9.17) is 5.26 Å². The third-order valence-corrected chi connectivity index (χ3v) is 8.26. The summed E-state index contributed by atoms with van der Waals surface area (Å²) in [6.07, 6.45) is -1.59. The third kappa shape index (κ3) is 5.97. The molecular formula is C27H27F3N4O3S. The van der Waals surface area contributed by atoms with E-state index in [1.165, 1.54) is 18.3 Å². The van der Waals surface area contributed by atoms with Gasteiger partial charge in [0.25, 0.3) is 5.91 Å². The lowest BCUT2D eigenvalue weighted by Gasteiger charge is -2.20. The van der Waals surface area contributed by atoms with Crippen molar-refractivity contribution in [3.63, 3.8) is 0 Å². The molecule has 2 aromatic carbocycles. The van der Waals surface area contributed by atoms with E-state index in [1.807, 2.05) is 13.8 Å². The number of halogens is 3. The Morgan fingerprint density at radius 2 is 1.84 bits per heavy atom. The highest BCUT2D eigenvalue weighted by atomic mass is 32.2. The maximum absolute atomic E-state index is 13.4. The van der Waals surface area contributed by atoms with Gasteiger partial charge in [0.1, 0.15) is 5.56 Å². The van der Waals surface area contributed by atoms with Crippen LogP contribution in [0, 0.1) is 18.4 Å². The number of alkyl halides is 3. The molecule has 0 aliphatic heterocycles. The lowest BCUT2D eigenvalue weighted by atomic mass is 9.98. The Morgan fingerprint density at radius 1 is 1.18 bits per heavy atom. The van der Waals surface area contributed by atoms with Gasteiger partial charge in [-0.05, 0) is 56.2 Å². The van der Waals surface area contributed by atoms with E-state index in [0.29, 0.717) is 16.2 Å². The van der Waals surface area contributed by atoms with Crippen molar-refractivity contribution in [2.24, 2.45) is 4.36 Å². The van der Waals surface area contributed by atoms with Crippen molar-refractivity contribution in [3.05, 3.63) is 87.3 Å². The zero-order chi connectivity index (χ0) is 28.3. The number of pyridine rings is 1. The molecule has 11 heteroatoms. The summed E-state index contributed by atoms with van der Waals surface area (Å²) in [5.74, 6) is -0.515. The molecule has 0 radical (unpaired) electrons. The molecule has 0 fully saturated rings. The molecule has 0 aliphatic carbocycles. The molecule has 1 amide bonds. The summed E-state index contributed by atoms with van der Waals surface area (Å²) in [6, 6.07) is 10.7. The molecule has 3 aromatic rings. The molecule has 0 saturated carbocycles. The van der Waals surface area contributed by atoms with Crippen LogP contribution >= 0.6 is 0 Å². The molecule has 200 valence electrons. The van der Waals surface area contributed by atoms with Crippen LogP contribution in [0.1, 0.15) is 54.0 Å². The van der Waals surface area contributed by atoms with Crippen molar-refractivity contribution in [2.45, 2.75) is 51.4 Å². The summed E-state index contributed by atoms with van der Waals surface area (Å²) in [5, 5.41) is 11.5. The minimum Gasteiger partial charge on any atom is -0.348 e. The SMILES string of the molecule is CCS(=O)(=NC#N)c1ccc(CNC(=O)c2cn(C(C)C)c(C)c(-c3cccc(C(F)(F)F)c3)c2=O)cc1. The average Bonchev–Trinajstić information content (AvgIpc) is 2.87. The van der Waals surface area contributed by atoms with E-state index in [2.05, 4.69) is 9.68 Å². The van der Waals surface area contributed by atoms with E-state index in [-0.39, 0.29) is 35.0 Å². The van der Waals surface area contributed by atoms with Crippen molar-refractivity contribution in [3.8, 4) is 17.3 Å². The number of hydrogen-bond acceptors (Lipinski definition) is 5. The normalized spacial score (nSPS) is 13.0. The summed E-state index contributed by atoms with van der Waals surface area (Å²) in [5.41, 5.74) is -0.577. The number of carbonyl (C=O) groups is 1. The lowest BCUT2D eigenvalue weighted by Crippen LogP contribution is -2.31. The highest BCUT2D eigenvalue weighted by molar-refractivity contribution is 7.93. The summed E-state index contributed by atoms with van der Waals surface area (Å²) in [7, 11) is -2.85. The van der Waals surface area contributed by atoms with Gasteiger partial charge in [0.05, 0.1) is 15.3 Å². The average molecular weight is 545 g/mol. The van der Waals surface area contributed by atoms with Gasteiger partial charge >= 0.3 is 6.18 Å². The Labute approximate surface area is 219 Å². The van der Waals surface area contributed by atoms with Gasteiger partial charge in [-0.15, -0.1) is 4.36 Å². The maximum Gasteiger partial charge on any atom is 0.416 e. The predicted molar refractivity (Wildman–Crippen MR) is 139 cm³/mol. The van der Waals surface area contributed by atoms with Crippen LogP contribution in [0.15, 0.2) is 68.8 Å². The first kappa shape index (κ1) is 28.7. The molecule has 1 heterocycles. The van der Waals surface area contributed by atoms with Crippen molar-refractivity contribution in [2.75, 3.05) is 5.75 Å². The molecule has 0 bridgehead atoms. The summed E-state index contributed by atoms with van der Waals surface area (Å²) < 4.78 is 57.9. The number of carbonyl (C=O) groups excluding carboxylic acids is 1. The molecule has 1 aromatic heterocycles. The Bertz CT molecular complexity index is 1580. The second-order valence-electron chi connectivity index (χ2n) is 8.86. The van der Waals surface area contributed by atoms with Crippen LogP contribution in [0.5, 0.6) is 0 Å². The smallest absolute Gasteiger partial charge is 0.348 e. The largest absolute Gasteiger partial charge is 0.416 e.